The van der Waals surface area contributed by atoms with E-state index in [0.29, 0.717) is 18.1 Å². The molecule has 0 saturated heterocycles. The van der Waals surface area contributed by atoms with Gasteiger partial charge in [-0.3, -0.25) is 0 Å². The zero-order valence-electron chi connectivity index (χ0n) is 7.62. The first-order valence-corrected chi connectivity index (χ1v) is 5.48. The average molecular weight is 249 g/mol. The Morgan fingerprint density at radius 1 is 1.53 bits per heavy atom. The van der Waals surface area contributed by atoms with E-state index in [4.69, 9.17) is 16.7 Å². The number of hydrogen-bond acceptors (Lipinski definition) is 3. The van der Waals surface area contributed by atoms with Gasteiger partial charge in [0.2, 0.25) is 0 Å². The Morgan fingerprint density at radius 2 is 2.27 bits per heavy atom. The molecule has 82 valence electrons. The SMILES string of the molecule is O=C(NCCCl)Nc1ccsc1C(=O)O. The van der Waals surface area contributed by atoms with Gasteiger partial charge in [0.05, 0.1) is 5.69 Å². The third-order valence-corrected chi connectivity index (χ3v) is 2.58. The van der Waals surface area contributed by atoms with Crippen LogP contribution < -0.4 is 10.6 Å². The highest BCUT2D eigenvalue weighted by Crippen LogP contribution is 2.21. The van der Waals surface area contributed by atoms with Crippen molar-refractivity contribution in [2.24, 2.45) is 0 Å². The number of carbonyl (C=O) groups is 2. The molecule has 0 fully saturated rings. The Bertz CT molecular complexity index is 367. The lowest BCUT2D eigenvalue weighted by Crippen LogP contribution is -2.30. The third-order valence-electron chi connectivity index (χ3n) is 1.49. The molecule has 2 amide bonds. The first-order valence-electron chi connectivity index (χ1n) is 4.06. The van der Waals surface area contributed by atoms with Gasteiger partial charge in [-0.25, -0.2) is 9.59 Å². The summed E-state index contributed by atoms with van der Waals surface area (Å²) in [5.74, 6) is -0.749. The molecule has 1 aromatic rings. The molecule has 0 radical (unpaired) electrons. The first kappa shape index (κ1) is 11.8. The second kappa shape index (κ2) is 5.57. The summed E-state index contributed by atoms with van der Waals surface area (Å²) in [7, 11) is 0. The highest BCUT2D eigenvalue weighted by molar-refractivity contribution is 7.12. The Kier molecular flexibility index (Phi) is 4.38. The number of amides is 2. The molecule has 0 aliphatic heterocycles. The van der Waals surface area contributed by atoms with E-state index in [0.717, 1.165) is 11.3 Å². The van der Waals surface area contributed by atoms with Crippen molar-refractivity contribution >= 4 is 40.6 Å². The lowest BCUT2D eigenvalue weighted by molar-refractivity contribution is 0.0703. The molecule has 7 heteroatoms. The van der Waals surface area contributed by atoms with Crippen LogP contribution in [0.1, 0.15) is 9.67 Å². The van der Waals surface area contributed by atoms with E-state index in [9.17, 15) is 9.59 Å². The van der Waals surface area contributed by atoms with Gasteiger partial charge < -0.3 is 15.7 Å². The second-order valence-corrected chi connectivity index (χ2v) is 3.83. The van der Waals surface area contributed by atoms with E-state index < -0.39 is 12.0 Å². The Balaban J connectivity index is 2.60. The van der Waals surface area contributed by atoms with Gasteiger partial charge in [0, 0.05) is 12.4 Å². The van der Waals surface area contributed by atoms with E-state index in [2.05, 4.69) is 10.6 Å². The molecule has 1 aromatic heterocycles. The van der Waals surface area contributed by atoms with Gasteiger partial charge in [-0.2, -0.15) is 0 Å². The van der Waals surface area contributed by atoms with Gasteiger partial charge in [0.15, 0.2) is 0 Å². The second-order valence-electron chi connectivity index (χ2n) is 2.54. The van der Waals surface area contributed by atoms with Crippen molar-refractivity contribution in [3.8, 4) is 0 Å². The highest BCUT2D eigenvalue weighted by atomic mass is 35.5. The fourth-order valence-electron chi connectivity index (χ4n) is 0.901. The third kappa shape index (κ3) is 3.41. The molecule has 0 aliphatic carbocycles. The molecule has 1 heterocycles. The summed E-state index contributed by atoms with van der Waals surface area (Å²) in [6.45, 7) is 0.333. The van der Waals surface area contributed by atoms with E-state index in [1.54, 1.807) is 5.38 Å². The number of aromatic carboxylic acids is 1. The predicted molar refractivity (Wildman–Crippen MR) is 59.0 cm³/mol. The molecule has 0 bridgehead atoms. The van der Waals surface area contributed by atoms with Gasteiger partial charge in [0.1, 0.15) is 4.88 Å². The fraction of sp³-hybridized carbons (Fsp3) is 0.250. The zero-order chi connectivity index (χ0) is 11.3. The largest absolute Gasteiger partial charge is 0.477 e. The van der Waals surface area contributed by atoms with Gasteiger partial charge in [-0.15, -0.1) is 22.9 Å². The number of hydrogen-bond donors (Lipinski definition) is 3. The summed E-state index contributed by atoms with van der Waals surface area (Å²) >= 11 is 6.43. The molecule has 15 heavy (non-hydrogen) atoms. The normalized spacial score (nSPS) is 9.67. The van der Waals surface area contributed by atoms with Crippen molar-refractivity contribution in [2.45, 2.75) is 0 Å². The molecule has 0 aliphatic rings. The van der Waals surface area contributed by atoms with Crippen LogP contribution in [0.3, 0.4) is 0 Å². The summed E-state index contributed by atoms with van der Waals surface area (Å²) in [4.78, 5) is 22.0. The lowest BCUT2D eigenvalue weighted by atomic mass is 10.4. The summed E-state index contributed by atoms with van der Waals surface area (Å²) in [6.07, 6.45) is 0. The summed E-state index contributed by atoms with van der Waals surface area (Å²) in [5.41, 5.74) is 0.291. The van der Waals surface area contributed by atoms with E-state index in [-0.39, 0.29) is 4.88 Å². The maximum absolute atomic E-state index is 11.2. The minimum absolute atomic E-state index is 0.107. The first-order chi connectivity index (χ1) is 7.15. The Labute approximate surface area is 95.1 Å². The van der Waals surface area contributed by atoms with Crippen molar-refractivity contribution in [3.63, 3.8) is 0 Å². The van der Waals surface area contributed by atoms with Crippen molar-refractivity contribution in [3.05, 3.63) is 16.3 Å². The number of thiophene rings is 1. The summed E-state index contributed by atoms with van der Waals surface area (Å²) < 4.78 is 0. The van der Waals surface area contributed by atoms with Crippen LogP contribution in [0.5, 0.6) is 0 Å². The van der Waals surface area contributed by atoms with Crippen LogP contribution in [0.4, 0.5) is 10.5 Å². The molecule has 1 rings (SSSR count). The Morgan fingerprint density at radius 3 is 2.87 bits per heavy atom. The lowest BCUT2D eigenvalue weighted by Gasteiger charge is -2.04. The van der Waals surface area contributed by atoms with Crippen LogP contribution in [-0.4, -0.2) is 29.5 Å². The molecular weight excluding hydrogens is 240 g/mol. The van der Waals surface area contributed by atoms with Crippen LogP contribution in [0.15, 0.2) is 11.4 Å². The number of carboxylic acid groups (broad SMARTS) is 1. The topological polar surface area (TPSA) is 78.4 Å². The Hall–Kier alpha value is -1.27. The number of halogens is 1. The average Bonchev–Trinajstić information content (AvgIpc) is 2.62. The van der Waals surface area contributed by atoms with Crippen LogP contribution >= 0.6 is 22.9 Å². The molecule has 3 N–H and O–H groups in total. The summed E-state index contributed by atoms with van der Waals surface area (Å²) in [5, 5.41) is 15.3. The fourth-order valence-corrected chi connectivity index (χ4v) is 1.68. The van der Waals surface area contributed by atoms with Crippen molar-refractivity contribution in [1.29, 1.82) is 0 Å². The standard InChI is InChI=1S/C8H9ClN2O3S/c9-2-3-10-8(14)11-5-1-4-15-6(5)7(12)13/h1,4H,2-3H2,(H,12,13)(H2,10,11,14). The minimum atomic E-state index is -1.06. The molecule has 0 saturated carbocycles. The monoisotopic (exact) mass is 248 g/mol. The number of nitrogens with one attached hydrogen (secondary N) is 2. The smallest absolute Gasteiger partial charge is 0.348 e. The molecule has 0 aromatic carbocycles. The van der Waals surface area contributed by atoms with Crippen molar-refractivity contribution < 1.29 is 14.7 Å². The molecule has 5 nitrogen and oxygen atoms in total. The number of carbonyl (C=O) groups excluding carboxylic acids is 1. The maximum atomic E-state index is 11.2. The molecule has 0 unspecified atom stereocenters. The van der Waals surface area contributed by atoms with Gasteiger partial charge in [-0.05, 0) is 11.4 Å². The predicted octanol–water partition coefficient (Wildman–Crippen LogP) is 1.81. The van der Waals surface area contributed by atoms with Gasteiger partial charge in [0.25, 0.3) is 0 Å². The number of carboxylic acids is 1. The zero-order valence-corrected chi connectivity index (χ0v) is 9.19. The van der Waals surface area contributed by atoms with Crippen molar-refractivity contribution in [1.82, 2.24) is 5.32 Å². The molecular formula is C8H9ClN2O3S. The molecule has 0 spiro atoms. The van der Waals surface area contributed by atoms with Crippen LogP contribution in [0.2, 0.25) is 0 Å². The van der Waals surface area contributed by atoms with Crippen LogP contribution in [0, 0.1) is 0 Å². The quantitative estimate of drug-likeness (QED) is 0.711. The minimum Gasteiger partial charge on any atom is -0.477 e. The van der Waals surface area contributed by atoms with E-state index >= 15 is 0 Å². The number of anilines is 1. The highest BCUT2D eigenvalue weighted by Gasteiger charge is 2.13. The summed E-state index contributed by atoms with van der Waals surface area (Å²) in [6, 6.07) is 1.07. The number of urea groups is 1. The van der Waals surface area contributed by atoms with Gasteiger partial charge in [-0.1, -0.05) is 0 Å². The maximum Gasteiger partial charge on any atom is 0.348 e. The number of rotatable bonds is 4. The van der Waals surface area contributed by atoms with E-state index in [1.165, 1.54) is 6.07 Å². The molecule has 0 atom stereocenters. The number of alkyl halides is 1. The van der Waals surface area contributed by atoms with E-state index in [1.807, 2.05) is 0 Å². The van der Waals surface area contributed by atoms with Gasteiger partial charge >= 0.3 is 12.0 Å². The van der Waals surface area contributed by atoms with Crippen LogP contribution in [0.25, 0.3) is 0 Å². The van der Waals surface area contributed by atoms with Crippen LogP contribution in [-0.2, 0) is 0 Å². The van der Waals surface area contributed by atoms with Crippen molar-refractivity contribution in [2.75, 3.05) is 17.7 Å².